The predicted molar refractivity (Wildman–Crippen MR) is 50.7 cm³/mol. The number of aliphatic hydroxyl groups is 1. The molecule has 0 radical (unpaired) electrons. The summed E-state index contributed by atoms with van der Waals surface area (Å²) in [6.45, 7) is 3.68. The minimum absolute atomic E-state index is 0.0909. The van der Waals surface area contributed by atoms with Crippen molar-refractivity contribution in [3.63, 3.8) is 0 Å². The first-order valence-corrected chi connectivity index (χ1v) is 5.38. The molecule has 0 spiro atoms. The number of aliphatic hydroxyl groups excluding tert-OH is 1. The average Bonchev–Trinajstić information content (AvgIpc) is 2.20. The Balaban J connectivity index is 1.88. The SMILES string of the molecule is O[C@H]1CCCC[C@H]1N1CCOCC1. The van der Waals surface area contributed by atoms with E-state index in [9.17, 15) is 5.11 Å². The van der Waals surface area contributed by atoms with Gasteiger partial charge >= 0.3 is 0 Å². The molecule has 3 heteroatoms. The van der Waals surface area contributed by atoms with Crippen LogP contribution in [-0.2, 0) is 4.74 Å². The zero-order chi connectivity index (χ0) is 9.10. The fraction of sp³-hybridized carbons (Fsp3) is 1.00. The molecule has 1 N–H and O–H groups in total. The number of nitrogens with zero attached hydrogens (tertiary/aromatic N) is 1. The highest BCUT2D eigenvalue weighted by atomic mass is 16.5. The van der Waals surface area contributed by atoms with E-state index in [4.69, 9.17) is 4.74 Å². The van der Waals surface area contributed by atoms with Crippen molar-refractivity contribution < 1.29 is 9.84 Å². The Morgan fingerprint density at radius 1 is 1.08 bits per heavy atom. The van der Waals surface area contributed by atoms with Crippen LogP contribution in [0.1, 0.15) is 25.7 Å². The van der Waals surface area contributed by atoms with Gasteiger partial charge in [-0.05, 0) is 12.8 Å². The molecule has 1 saturated carbocycles. The van der Waals surface area contributed by atoms with Crippen LogP contribution in [0.5, 0.6) is 0 Å². The summed E-state index contributed by atoms with van der Waals surface area (Å²) in [5, 5.41) is 9.84. The van der Waals surface area contributed by atoms with E-state index in [1.54, 1.807) is 0 Å². The smallest absolute Gasteiger partial charge is 0.0695 e. The Hall–Kier alpha value is -0.120. The number of hydrogen-bond donors (Lipinski definition) is 1. The fourth-order valence-corrected chi connectivity index (χ4v) is 2.43. The van der Waals surface area contributed by atoms with Gasteiger partial charge in [-0.2, -0.15) is 0 Å². The summed E-state index contributed by atoms with van der Waals surface area (Å²) in [6, 6.07) is 0.414. The van der Waals surface area contributed by atoms with Crippen LogP contribution in [0.3, 0.4) is 0 Å². The highest BCUT2D eigenvalue weighted by Crippen LogP contribution is 2.23. The van der Waals surface area contributed by atoms with Gasteiger partial charge < -0.3 is 9.84 Å². The van der Waals surface area contributed by atoms with Crippen molar-refractivity contribution in [3.05, 3.63) is 0 Å². The first-order chi connectivity index (χ1) is 6.38. The lowest BCUT2D eigenvalue weighted by Crippen LogP contribution is -2.50. The van der Waals surface area contributed by atoms with E-state index in [0.29, 0.717) is 6.04 Å². The summed E-state index contributed by atoms with van der Waals surface area (Å²) in [4.78, 5) is 2.40. The quantitative estimate of drug-likeness (QED) is 0.650. The van der Waals surface area contributed by atoms with E-state index in [-0.39, 0.29) is 6.10 Å². The van der Waals surface area contributed by atoms with Crippen molar-refractivity contribution in [2.24, 2.45) is 0 Å². The van der Waals surface area contributed by atoms with E-state index in [2.05, 4.69) is 4.90 Å². The molecule has 1 aliphatic heterocycles. The number of hydrogen-bond acceptors (Lipinski definition) is 3. The Morgan fingerprint density at radius 3 is 2.46 bits per heavy atom. The molecular weight excluding hydrogens is 166 g/mol. The maximum Gasteiger partial charge on any atom is 0.0695 e. The monoisotopic (exact) mass is 185 g/mol. The van der Waals surface area contributed by atoms with Crippen LogP contribution in [0.25, 0.3) is 0 Å². The van der Waals surface area contributed by atoms with Crippen molar-refractivity contribution in [1.29, 1.82) is 0 Å². The normalized spacial score (nSPS) is 37.6. The number of ether oxygens (including phenoxy) is 1. The van der Waals surface area contributed by atoms with E-state index in [1.807, 2.05) is 0 Å². The van der Waals surface area contributed by atoms with Crippen molar-refractivity contribution in [3.8, 4) is 0 Å². The zero-order valence-corrected chi connectivity index (χ0v) is 8.11. The molecule has 0 unspecified atom stereocenters. The molecule has 2 rings (SSSR count). The first-order valence-electron chi connectivity index (χ1n) is 5.38. The molecule has 1 aliphatic carbocycles. The molecule has 2 fully saturated rings. The highest BCUT2D eigenvalue weighted by Gasteiger charge is 2.29. The van der Waals surface area contributed by atoms with Crippen LogP contribution in [0.2, 0.25) is 0 Å². The summed E-state index contributed by atoms with van der Waals surface area (Å²) in [5.41, 5.74) is 0. The van der Waals surface area contributed by atoms with E-state index in [0.717, 1.165) is 32.7 Å². The van der Waals surface area contributed by atoms with Crippen molar-refractivity contribution in [2.75, 3.05) is 26.3 Å². The molecule has 0 aromatic carbocycles. The lowest BCUT2D eigenvalue weighted by Gasteiger charge is -2.39. The number of morpholine rings is 1. The Morgan fingerprint density at radius 2 is 1.77 bits per heavy atom. The predicted octanol–water partition coefficient (Wildman–Crippen LogP) is 0.622. The average molecular weight is 185 g/mol. The Kier molecular flexibility index (Phi) is 3.19. The van der Waals surface area contributed by atoms with Gasteiger partial charge in [0.2, 0.25) is 0 Å². The molecule has 1 saturated heterocycles. The minimum Gasteiger partial charge on any atom is -0.391 e. The van der Waals surface area contributed by atoms with Crippen LogP contribution in [0.15, 0.2) is 0 Å². The summed E-state index contributed by atoms with van der Waals surface area (Å²) in [5.74, 6) is 0. The van der Waals surface area contributed by atoms with E-state index in [1.165, 1.54) is 19.3 Å². The fourth-order valence-electron chi connectivity index (χ4n) is 2.43. The van der Waals surface area contributed by atoms with Crippen molar-refractivity contribution in [2.45, 2.75) is 37.8 Å². The Bertz CT molecular complexity index is 157. The van der Waals surface area contributed by atoms with Crippen molar-refractivity contribution >= 4 is 0 Å². The maximum absolute atomic E-state index is 9.84. The van der Waals surface area contributed by atoms with E-state index < -0.39 is 0 Å². The topological polar surface area (TPSA) is 32.7 Å². The van der Waals surface area contributed by atoms with Crippen LogP contribution >= 0.6 is 0 Å². The standard InChI is InChI=1S/C10H19NO2/c12-10-4-2-1-3-9(10)11-5-7-13-8-6-11/h9-10,12H,1-8H2/t9-,10+/m1/s1. The molecule has 0 bridgehead atoms. The third kappa shape index (κ3) is 2.22. The van der Waals surface area contributed by atoms with Crippen LogP contribution in [-0.4, -0.2) is 48.5 Å². The van der Waals surface area contributed by atoms with Gasteiger partial charge in [0.25, 0.3) is 0 Å². The lowest BCUT2D eigenvalue weighted by atomic mass is 9.91. The van der Waals surface area contributed by atoms with Gasteiger partial charge in [-0.1, -0.05) is 12.8 Å². The summed E-state index contributed by atoms with van der Waals surface area (Å²) in [6.07, 6.45) is 4.54. The number of rotatable bonds is 1. The third-order valence-electron chi connectivity index (χ3n) is 3.21. The van der Waals surface area contributed by atoms with Gasteiger partial charge in [-0.25, -0.2) is 0 Å². The van der Waals surface area contributed by atoms with Gasteiger partial charge in [0.15, 0.2) is 0 Å². The molecule has 0 amide bonds. The van der Waals surface area contributed by atoms with Gasteiger partial charge in [0.1, 0.15) is 0 Å². The maximum atomic E-state index is 9.84. The first kappa shape index (κ1) is 9.44. The molecule has 76 valence electrons. The Labute approximate surface area is 79.7 Å². The molecule has 3 nitrogen and oxygen atoms in total. The second-order valence-electron chi connectivity index (χ2n) is 4.07. The van der Waals surface area contributed by atoms with Gasteiger partial charge in [0, 0.05) is 19.1 Å². The minimum atomic E-state index is -0.0909. The summed E-state index contributed by atoms with van der Waals surface area (Å²) in [7, 11) is 0. The molecule has 13 heavy (non-hydrogen) atoms. The van der Waals surface area contributed by atoms with Crippen molar-refractivity contribution in [1.82, 2.24) is 4.90 Å². The summed E-state index contributed by atoms with van der Waals surface area (Å²) >= 11 is 0. The van der Waals surface area contributed by atoms with Gasteiger partial charge in [-0.3, -0.25) is 4.90 Å². The molecule has 2 aliphatic rings. The second kappa shape index (κ2) is 4.40. The second-order valence-corrected chi connectivity index (χ2v) is 4.07. The molecular formula is C10H19NO2. The van der Waals surface area contributed by atoms with E-state index >= 15 is 0 Å². The van der Waals surface area contributed by atoms with Gasteiger partial charge in [0.05, 0.1) is 19.3 Å². The van der Waals surface area contributed by atoms with Crippen LogP contribution in [0.4, 0.5) is 0 Å². The molecule has 1 heterocycles. The van der Waals surface area contributed by atoms with Crippen LogP contribution in [0, 0.1) is 0 Å². The highest BCUT2D eigenvalue weighted by molar-refractivity contribution is 4.83. The molecule has 0 aromatic heterocycles. The third-order valence-corrected chi connectivity index (χ3v) is 3.21. The molecule has 0 aromatic rings. The van der Waals surface area contributed by atoms with Crippen LogP contribution < -0.4 is 0 Å². The summed E-state index contributed by atoms with van der Waals surface area (Å²) < 4.78 is 5.30. The lowest BCUT2D eigenvalue weighted by molar-refractivity contribution is -0.0357. The van der Waals surface area contributed by atoms with Gasteiger partial charge in [-0.15, -0.1) is 0 Å². The largest absolute Gasteiger partial charge is 0.391 e. The zero-order valence-electron chi connectivity index (χ0n) is 8.11. The molecule has 2 atom stereocenters.